The second-order valence-electron chi connectivity index (χ2n) is 4.03. The molecule has 11 heavy (non-hydrogen) atoms. The summed E-state index contributed by atoms with van der Waals surface area (Å²) in [6.07, 6.45) is 0.821. The number of rotatable bonds is 0. The summed E-state index contributed by atoms with van der Waals surface area (Å²) < 4.78 is 1.91. The smallest absolute Gasteiger partial charge is 0.0778 e. The molecule has 0 aromatic carbocycles. The quantitative estimate of drug-likeness (QED) is 0.452. The Labute approximate surface area is 78.0 Å². The van der Waals surface area contributed by atoms with E-state index in [2.05, 4.69) is 26.7 Å². The molecule has 1 fully saturated rings. The molecule has 66 valence electrons. The van der Waals surface area contributed by atoms with Crippen LogP contribution in [0.5, 0.6) is 0 Å². The molecule has 1 aliphatic heterocycles. The summed E-state index contributed by atoms with van der Waals surface area (Å²) in [5.74, 6) is 0. The topological polar surface area (TPSA) is 23.5 Å². The number of nitrogens with zero attached hydrogens (tertiary/aromatic N) is 1. The van der Waals surface area contributed by atoms with Crippen LogP contribution in [0.2, 0.25) is 0 Å². The van der Waals surface area contributed by atoms with Gasteiger partial charge in [0.1, 0.15) is 0 Å². The summed E-state index contributed by atoms with van der Waals surface area (Å²) in [7, 11) is 0. The number of hydrogen-bond acceptors (Lipinski definition) is 4. The predicted molar refractivity (Wildman–Crippen MR) is 52.6 cm³/mol. The summed E-state index contributed by atoms with van der Waals surface area (Å²) in [5, 5.41) is 9.78. The molecular formula is C7H15NOS2. The molecule has 0 bridgehead atoms. The van der Waals surface area contributed by atoms with Crippen LogP contribution >= 0.6 is 24.8 Å². The largest absolute Gasteiger partial charge is 0.389 e. The molecule has 1 saturated heterocycles. The van der Waals surface area contributed by atoms with E-state index in [1.54, 1.807) is 11.9 Å². The third-order valence-corrected chi connectivity index (χ3v) is 3.00. The van der Waals surface area contributed by atoms with Gasteiger partial charge in [0.15, 0.2) is 0 Å². The standard InChI is InChI=1S/C7H15NOS2/c1-6(2)4-7(3,9)5-8(10)11-6/h9-10H,4-5H2,1-3H3. The average Bonchev–Trinajstić information content (AvgIpc) is 1.49. The van der Waals surface area contributed by atoms with Crippen molar-refractivity contribution in [2.45, 2.75) is 37.5 Å². The first-order valence-electron chi connectivity index (χ1n) is 3.69. The van der Waals surface area contributed by atoms with Crippen molar-refractivity contribution in [3.63, 3.8) is 0 Å². The molecule has 0 aromatic rings. The van der Waals surface area contributed by atoms with Crippen molar-refractivity contribution in [1.82, 2.24) is 3.71 Å². The van der Waals surface area contributed by atoms with Gasteiger partial charge in [-0.05, 0) is 27.2 Å². The van der Waals surface area contributed by atoms with Gasteiger partial charge in [0.2, 0.25) is 0 Å². The van der Waals surface area contributed by atoms with Crippen LogP contribution in [0.3, 0.4) is 0 Å². The van der Waals surface area contributed by atoms with Crippen LogP contribution in [0.4, 0.5) is 0 Å². The molecule has 1 heterocycles. The Kier molecular flexibility index (Phi) is 2.50. The number of β-amino-alcohol motifs (C(OH)–C–C–N with tert-alkyl or cyclic N) is 1. The molecule has 1 atom stereocenters. The zero-order valence-electron chi connectivity index (χ0n) is 7.16. The molecule has 0 aromatic heterocycles. The highest BCUT2D eigenvalue weighted by Crippen LogP contribution is 2.41. The molecule has 1 N–H and O–H groups in total. The lowest BCUT2D eigenvalue weighted by Crippen LogP contribution is -2.46. The molecule has 0 aliphatic carbocycles. The summed E-state index contributed by atoms with van der Waals surface area (Å²) in [6, 6.07) is 0. The first-order chi connectivity index (χ1) is 4.81. The minimum Gasteiger partial charge on any atom is -0.389 e. The first-order valence-corrected chi connectivity index (χ1v) is 4.86. The van der Waals surface area contributed by atoms with Crippen molar-refractivity contribution in [2.75, 3.05) is 6.54 Å². The maximum absolute atomic E-state index is 9.78. The molecule has 0 saturated carbocycles. The molecular weight excluding hydrogens is 178 g/mol. The van der Waals surface area contributed by atoms with Gasteiger partial charge >= 0.3 is 0 Å². The Balaban J connectivity index is 2.66. The molecule has 2 nitrogen and oxygen atoms in total. The highest BCUT2D eigenvalue weighted by molar-refractivity contribution is 8.06. The van der Waals surface area contributed by atoms with E-state index in [1.807, 2.05) is 10.6 Å². The van der Waals surface area contributed by atoms with Crippen LogP contribution in [0.15, 0.2) is 0 Å². The van der Waals surface area contributed by atoms with Crippen LogP contribution in [0.1, 0.15) is 27.2 Å². The van der Waals surface area contributed by atoms with Gasteiger partial charge in [-0.25, -0.2) is 0 Å². The summed E-state index contributed by atoms with van der Waals surface area (Å²) in [4.78, 5) is 0. The molecule has 1 unspecified atom stereocenters. The fourth-order valence-corrected chi connectivity index (χ4v) is 3.87. The van der Waals surface area contributed by atoms with E-state index in [-0.39, 0.29) is 4.75 Å². The van der Waals surface area contributed by atoms with E-state index >= 15 is 0 Å². The zero-order chi connectivity index (χ0) is 8.70. The molecule has 0 spiro atoms. The van der Waals surface area contributed by atoms with E-state index in [4.69, 9.17) is 0 Å². The van der Waals surface area contributed by atoms with E-state index < -0.39 is 5.60 Å². The number of hydrogen-bond donors (Lipinski definition) is 2. The van der Waals surface area contributed by atoms with Crippen molar-refractivity contribution in [1.29, 1.82) is 0 Å². The van der Waals surface area contributed by atoms with Crippen LogP contribution in [0, 0.1) is 0 Å². The van der Waals surface area contributed by atoms with E-state index in [0.717, 1.165) is 6.42 Å². The third-order valence-electron chi connectivity index (χ3n) is 1.63. The maximum Gasteiger partial charge on any atom is 0.0778 e. The van der Waals surface area contributed by atoms with Crippen molar-refractivity contribution in [3.8, 4) is 0 Å². The Morgan fingerprint density at radius 1 is 1.45 bits per heavy atom. The van der Waals surface area contributed by atoms with Gasteiger partial charge < -0.3 is 5.11 Å². The highest BCUT2D eigenvalue weighted by Gasteiger charge is 2.38. The van der Waals surface area contributed by atoms with Crippen molar-refractivity contribution >= 4 is 24.8 Å². The highest BCUT2D eigenvalue weighted by atomic mass is 32.2. The maximum atomic E-state index is 9.78. The zero-order valence-corrected chi connectivity index (χ0v) is 8.88. The van der Waals surface area contributed by atoms with Gasteiger partial charge in [-0.3, -0.25) is 0 Å². The van der Waals surface area contributed by atoms with Gasteiger partial charge in [0.25, 0.3) is 0 Å². The summed E-state index contributed by atoms with van der Waals surface area (Å²) >= 11 is 5.91. The minimum absolute atomic E-state index is 0.101. The van der Waals surface area contributed by atoms with Gasteiger partial charge in [-0.2, -0.15) is 3.71 Å². The van der Waals surface area contributed by atoms with Gasteiger partial charge in [-0.1, -0.05) is 24.8 Å². The third kappa shape index (κ3) is 2.86. The van der Waals surface area contributed by atoms with E-state index in [9.17, 15) is 5.11 Å². The average molecular weight is 193 g/mol. The van der Waals surface area contributed by atoms with Gasteiger partial charge in [-0.15, -0.1) is 0 Å². The lowest BCUT2D eigenvalue weighted by Gasteiger charge is -2.42. The lowest BCUT2D eigenvalue weighted by molar-refractivity contribution is 0.0321. The van der Waals surface area contributed by atoms with Crippen molar-refractivity contribution in [3.05, 3.63) is 0 Å². The Bertz CT molecular complexity index is 143. The fraction of sp³-hybridized carbons (Fsp3) is 1.00. The molecule has 4 heteroatoms. The predicted octanol–water partition coefficient (Wildman–Crippen LogP) is 1.71. The minimum atomic E-state index is -0.587. The first kappa shape index (κ1) is 9.71. The Morgan fingerprint density at radius 3 is 2.36 bits per heavy atom. The van der Waals surface area contributed by atoms with Crippen LogP contribution in [0.25, 0.3) is 0 Å². The van der Waals surface area contributed by atoms with Crippen molar-refractivity contribution in [2.24, 2.45) is 0 Å². The van der Waals surface area contributed by atoms with Crippen LogP contribution in [-0.2, 0) is 0 Å². The summed E-state index contributed by atoms with van der Waals surface area (Å²) in [5.41, 5.74) is -0.587. The number of aliphatic hydroxyl groups is 1. The number of thiol groups is 1. The fourth-order valence-electron chi connectivity index (χ4n) is 1.61. The Hall–Kier alpha value is 0.620. The normalized spacial score (nSPS) is 39.0. The van der Waals surface area contributed by atoms with Crippen LogP contribution < -0.4 is 0 Å². The summed E-state index contributed by atoms with van der Waals surface area (Å²) in [6.45, 7) is 6.73. The second kappa shape index (κ2) is 2.83. The molecule has 1 aliphatic rings. The lowest BCUT2D eigenvalue weighted by atomic mass is 9.93. The van der Waals surface area contributed by atoms with Gasteiger partial charge in [0.05, 0.1) is 5.60 Å². The van der Waals surface area contributed by atoms with Gasteiger partial charge in [0, 0.05) is 11.3 Å². The van der Waals surface area contributed by atoms with E-state index in [0.29, 0.717) is 6.54 Å². The molecule has 0 amide bonds. The second-order valence-corrected chi connectivity index (χ2v) is 6.52. The Morgan fingerprint density at radius 2 is 2.00 bits per heavy atom. The van der Waals surface area contributed by atoms with Crippen LogP contribution in [-0.4, -0.2) is 25.7 Å². The molecule has 0 radical (unpaired) electrons. The monoisotopic (exact) mass is 193 g/mol. The SMILES string of the molecule is CC1(O)CN(S)SC(C)(C)C1. The van der Waals surface area contributed by atoms with E-state index in [1.165, 1.54) is 0 Å². The molecule has 1 rings (SSSR count). The van der Waals surface area contributed by atoms with Crippen molar-refractivity contribution < 1.29 is 5.11 Å².